The molecule has 0 unspecified atom stereocenters. The van der Waals surface area contributed by atoms with E-state index < -0.39 is 0 Å². The Kier molecular flexibility index (Phi) is 10.5. The lowest BCUT2D eigenvalue weighted by atomic mass is 10.1. The molecule has 0 atom stereocenters. The van der Waals surface area contributed by atoms with Crippen molar-refractivity contribution in [3.63, 3.8) is 0 Å². The van der Waals surface area contributed by atoms with Crippen molar-refractivity contribution in [2.45, 2.75) is 33.6 Å². The van der Waals surface area contributed by atoms with E-state index in [0.717, 1.165) is 19.6 Å². The highest BCUT2D eigenvalue weighted by Crippen LogP contribution is 1.98. The van der Waals surface area contributed by atoms with E-state index in [1.54, 1.807) is 0 Å². The Balaban J connectivity index is 3.07. The molecule has 0 saturated heterocycles. The van der Waals surface area contributed by atoms with E-state index in [1.165, 1.54) is 0 Å². The van der Waals surface area contributed by atoms with E-state index in [1.807, 2.05) is 6.92 Å². The number of nitrogens with one attached hydrogen (secondary N) is 1. The number of ether oxygens (including phenoxy) is 2. The fourth-order valence-electron chi connectivity index (χ4n) is 1.11. The van der Waals surface area contributed by atoms with E-state index in [-0.39, 0.29) is 5.97 Å². The molecule has 1 N–H and O–H groups in total. The van der Waals surface area contributed by atoms with Gasteiger partial charge < -0.3 is 14.8 Å². The molecular weight excluding hydrogens is 206 g/mol. The van der Waals surface area contributed by atoms with E-state index in [0.29, 0.717) is 32.1 Å². The van der Waals surface area contributed by atoms with Gasteiger partial charge in [0.1, 0.15) is 0 Å². The molecule has 0 fully saturated rings. The van der Waals surface area contributed by atoms with Crippen LogP contribution < -0.4 is 5.32 Å². The monoisotopic (exact) mass is 231 g/mol. The molecule has 96 valence electrons. The number of carbonyl (C=O) groups excluding carboxylic acids is 1. The van der Waals surface area contributed by atoms with Crippen molar-refractivity contribution in [3.8, 4) is 0 Å². The molecule has 0 amide bonds. The lowest BCUT2D eigenvalue weighted by Crippen LogP contribution is -2.23. The summed E-state index contributed by atoms with van der Waals surface area (Å²) in [7, 11) is 0. The Morgan fingerprint density at radius 1 is 1.25 bits per heavy atom. The first-order chi connectivity index (χ1) is 7.66. The van der Waals surface area contributed by atoms with Gasteiger partial charge in [0.2, 0.25) is 0 Å². The summed E-state index contributed by atoms with van der Waals surface area (Å²) in [6.45, 7) is 9.60. The Morgan fingerprint density at radius 2 is 2.00 bits per heavy atom. The van der Waals surface area contributed by atoms with E-state index in [9.17, 15) is 4.79 Å². The standard InChI is InChI=1S/C12H25NO3/c1-4-16-12(14)5-7-13-8-10-15-9-6-11(2)3/h11,13H,4-10H2,1-3H3. The largest absolute Gasteiger partial charge is 0.466 e. The van der Waals surface area contributed by atoms with Gasteiger partial charge in [-0.15, -0.1) is 0 Å². The van der Waals surface area contributed by atoms with Crippen LogP contribution in [0.2, 0.25) is 0 Å². The minimum absolute atomic E-state index is 0.143. The normalized spacial score (nSPS) is 10.8. The first-order valence-corrected chi connectivity index (χ1v) is 6.10. The van der Waals surface area contributed by atoms with Crippen molar-refractivity contribution in [2.24, 2.45) is 5.92 Å². The van der Waals surface area contributed by atoms with Crippen LogP contribution in [0.4, 0.5) is 0 Å². The molecule has 0 aromatic rings. The molecule has 0 aliphatic carbocycles. The van der Waals surface area contributed by atoms with Gasteiger partial charge in [-0.3, -0.25) is 4.79 Å². The number of hydrogen-bond acceptors (Lipinski definition) is 4. The number of rotatable bonds is 10. The second-order valence-corrected chi connectivity index (χ2v) is 4.10. The zero-order valence-corrected chi connectivity index (χ0v) is 10.8. The molecule has 0 aliphatic heterocycles. The lowest BCUT2D eigenvalue weighted by molar-refractivity contribution is -0.142. The van der Waals surface area contributed by atoms with Crippen molar-refractivity contribution >= 4 is 5.97 Å². The third-order valence-electron chi connectivity index (χ3n) is 2.07. The molecule has 0 saturated carbocycles. The highest BCUT2D eigenvalue weighted by atomic mass is 16.5. The Morgan fingerprint density at radius 3 is 2.62 bits per heavy atom. The highest BCUT2D eigenvalue weighted by molar-refractivity contribution is 5.69. The third-order valence-corrected chi connectivity index (χ3v) is 2.07. The summed E-state index contributed by atoms with van der Waals surface area (Å²) in [5.74, 6) is 0.549. The molecular formula is C12H25NO3. The van der Waals surface area contributed by atoms with Crippen molar-refractivity contribution in [2.75, 3.05) is 32.9 Å². The molecule has 0 heterocycles. The molecule has 0 spiro atoms. The summed E-state index contributed by atoms with van der Waals surface area (Å²) >= 11 is 0. The molecule has 0 radical (unpaired) electrons. The molecule has 4 nitrogen and oxygen atoms in total. The van der Waals surface area contributed by atoms with Crippen LogP contribution in [-0.4, -0.2) is 38.9 Å². The maximum absolute atomic E-state index is 11.0. The van der Waals surface area contributed by atoms with Crippen LogP contribution >= 0.6 is 0 Å². The highest BCUT2D eigenvalue weighted by Gasteiger charge is 1.99. The van der Waals surface area contributed by atoms with Crippen LogP contribution in [0.3, 0.4) is 0 Å². The summed E-state index contributed by atoms with van der Waals surface area (Å²) in [5.41, 5.74) is 0. The zero-order chi connectivity index (χ0) is 12.2. The average molecular weight is 231 g/mol. The molecule has 0 aliphatic rings. The lowest BCUT2D eigenvalue weighted by Gasteiger charge is -2.07. The van der Waals surface area contributed by atoms with Gasteiger partial charge in [-0.2, -0.15) is 0 Å². The zero-order valence-electron chi connectivity index (χ0n) is 10.8. The van der Waals surface area contributed by atoms with Crippen molar-refractivity contribution < 1.29 is 14.3 Å². The summed E-state index contributed by atoms with van der Waals surface area (Å²) in [6, 6.07) is 0. The van der Waals surface area contributed by atoms with E-state index >= 15 is 0 Å². The number of esters is 1. The Bertz CT molecular complexity index is 172. The first kappa shape index (κ1) is 15.4. The summed E-state index contributed by atoms with van der Waals surface area (Å²) in [6.07, 6.45) is 1.53. The van der Waals surface area contributed by atoms with Crippen LogP contribution in [0.1, 0.15) is 33.6 Å². The fraction of sp³-hybridized carbons (Fsp3) is 0.917. The van der Waals surface area contributed by atoms with Crippen LogP contribution in [0.25, 0.3) is 0 Å². The van der Waals surface area contributed by atoms with Gasteiger partial charge >= 0.3 is 5.97 Å². The predicted molar refractivity (Wildman–Crippen MR) is 64.4 cm³/mol. The predicted octanol–water partition coefficient (Wildman–Crippen LogP) is 1.59. The SMILES string of the molecule is CCOC(=O)CCNCCOCCC(C)C. The molecule has 0 rings (SSSR count). The quantitative estimate of drug-likeness (QED) is 0.458. The molecule has 16 heavy (non-hydrogen) atoms. The first-order valence-electron chi connectivity index (χ1n) is 6.10. The van der Waals surface area contributed by atoms with Gasteiger partial charge in [-0.05, 0) is 19.3 Å². The minimum atomic E-state index is -0.143. The van der Waals surface area contributed by atoms with Gasteiger partial charge in [-0.25, -0.2) is 0 Å². The van der Waals surface area contributed by atoms with Gasteiger partial charge in [-0.1, -0.05) is 13.8 Å². The molecule has 0 bridgehead atoms. The van der Waals surface area contributed by atoms with Crippen LogP contribution in [0.15, 0.2) is 0 Å². The fourth-order valence-corrected chi connectivity index (χ4v) is 1.11. The van der Waals surface area contributed by atoms with Gasteiger partial charge in [0.25, 0.3) is 0 Å². The molecule has 0 aromatic heterocycles. The maximum Gasteiger partial charge on any atom is 0.307 e. The smallest absolute Gasteiger partial charge is 0.307 e. The van der Waals surface area contributed by atoms with Crippen molar-refractivity contribution in [3.05, 3.63) is 0 Å². The van der Waals surface area contributed by atoms with Crippen LogP contribution in [0, 0.1) is 5.92 Å². The number of hydrogen-bond donors (Lipinski definition) is 1. The summed E-state index contributed by atoms with van der Waals surface area (Å²) < 4.78 is 10.2. The number of carbonyl (C=O) groups is 1. The Hall–Kier alpha value is -0.610. The summed E-state index contributed by atoms with van der Waals surface area (Å²) in [5, 5.41) is 3.14. The van der Waals surface area contributed by atoms with Crippen molar-refractivity contribution in [1.29, 1.82) is 0 Å². The van der Waals surface area contributed by atoms with Gasteiger partial charge in [0.05, 0.1) is 19.6 Å². The van der Waals surface area contributed by atoms with E-state index in [4.69, 9.17) is 9.47 Å². The van der Waals surface area contributed by atoms with E-state index in [2.05, 4.69) is 19.2 Å². The third kappa shape index (κ3) is 11.5. The Labute approximate surface area is 98.7 Å². The van der Waals surface area contributed by atoms with Gasteiger partial charge in [0.15, 0.2) is 0 Å². The molecule has 4 heteroatoms. The molecule has 0 aromatic carbocycles. The van der Waals surface area contributed by atoms with Crippen LogP contribution in [-0.2, 0) is 14.3 Å². The van der Waals surface area contributed by atoms with Crippen LogP contribution in [0.5, 0.6) is 0 Å². The summed E-state index contributed by atoms with van der Waals surface area (Å²) in [4.78, 5) is 11.0. The van der Waals surface area contributed by atoms with Gasteiger partial charge in [0, 0.05) is 19.7 Å². The topological polar surface area (TPSA) is 47.6 Å². The minimum Gasteiger partial charge on any atom is -0.466 e. The van der Waals surface area contributed by atoms with Crippen molar-refractivity contribution in [1.82, 2.24) is 5.32 Å². The second-order valence-electron chi connectivity index (χ2n) is 4.10. The average Bonchev–Trinajstić information content (AvgIpc) is 2.22. The maximum atomic E-state index is 11.0. The second kappa shape index (κ2) is 10.9.